The van der Waals surface area contributed by atoms with Crippen molar-refractivity contribution in [1.29, 1.82) is 0 Å². The van der Waals surface area contributed by atoms with E-state index < -0.39 is 24.2 Å². The lowest BCUT2D eigenvalue weighted by atomic mass is 9.65. The van der Waals surface area contributed by atoms with E-state index in [0.29, 0.717) is 0 Å². The van der Waals surface area contributed by atoms with Gasteiger partial charge in [0.05, 0.1) is 0 Å². The molecule has 0 aromatic rings. The van der Waals surface area contributed by atoms with Gasteiger partial charge in [0, 0.05) is 18.3 Å². The second-order valence-electron chi connectivity index (χ2n) is 3.51. The van der Waals surface area contributed by atoms with Gasteiger partial charge in [-0.15, -0.1) is 0 Å². The van der Waals surface area contributed by atoms with E-state index in [2.05, 4.69) is 4.85 Å². The number of alkyl halides is 2. The number of hydrogen-bond acceptors (Lipinski definition) is 1. The Labute approximate surface area is 69.4 Å². The van der Waals surface area contributed by atoms with Gasteiger partial charge in [-0.3, -0.25) is 4.79 Å². The highest BCUT2D eigenvalue weighted by molar-refractivity contribution is 5.88. The van der Waals surface area contributed by atoms with E-state index in [9.17, 15) is 13.6 Å². The standard InChI is InChI=1S/C8H9F2NO/c1-7(6(12)3-11-2)4-8(9,10)5-7/h3-5H2,1H3. The summed E-state index contributed by atoms with van der Waals surface area (Å²) in [6.07, 6.45) is -0.789. The number of nitrogens with zero attached hydrogens (tertiary/aromatic N) is 1. The maximum absolute atomic E-state index is 12.4. The van der Waals surface area contributed by atoms with Crippen LogP contribution in [0, 0.1) is 12.0 Å². The molecule has 0 spiro atoms. The summed E-state index contributed by atoms with van der Waals surface area (Å²) < 4.78 is 24.8. The number of carbonyl (C=O) groups excluding carboxylic acids is 1. The zero-order valence-corrected chi connectivity index (χ0v) is 6.73. The Morgan fingerprint density at radius 3 is 2.42 bits per heavy atom. The third kappa shape index (κ3) is 1.45. The van der Waals surface area contributed by atoms with Crippen molar-refractivity contribution in [3.8, 4) is 0 Å². The van der Waals surface area contributed by atoms with Crippen LogP contribution in [0.5, 0.6) is 0 Å². The molecular formula is C8H9F2NO. The number of hydrogen-bond donors (Lipinski definition) is 0. The van der Waals surface area contributed by atoms with Gasteiger partial charge in [-0.05, 0) is 0 Å². The second-order valence-corrected chi connectivity index (χ2v) is 3.51. The van der Waals surface area contributed by atoms with Crippen molar-refractivity contribution in [2.75, 3.05) is 6.54 Å². The molecule has 1 rings (SSSR count). The van der Waals surface area contributed by atoms with Crippen molar-refractivity contribution in [2.24, 2.45) is 5.41 Å². The molecule has 1 saturated carbocycles. The smallest absolute Gasteiger partial charge is 0.272 e. The molecule has 0 aromatic carbocycles. The molecule has 0 saturated heterocycles. The fourth-order valence-corrected chi connectivity index (χ4v) is 1.55. The summed E-state index contributed by atoms with van der Waals surface area (Å²) in [5, 5.41) is 0. The number of carbonyl (C=O) groups is 1. The molecule has 1 aliphatic carbocycles. The number of rotatable bonds is 2. The van der Waals surface area contributed by atoms with E-state index in [-0.39, 0.29) is 12.3 Å². The third-order valence-corrected chi connectivity index (χ3v) is 2.19. The van der Waals surface area contributed by atoms with E-state index in [1.807, 2.05) is 0 Å². The SMILES string of the molecule is [C-]#[N+]CC(=O)C1(C)CC(F)(F)C1. The highest BCUT2D eigenvalue weighted by Gasteiger charge is 2.58. The highest BCUT2D eigenvalue weighted by atomic mass is 19.3. The molecule has 1 fully saturated rings. The Morgan fingerprint density at radius 1 is 1.58 bits per heavy atom. The first-order chi connectivity index (χ1) is 5.40. The molecule has 0 unspecified atom stereocenters. The lowest BCUT2D eigenvalue weighted by molar-refractivity contribution is -0.170. The van der Waals surface area contributed by atoms with Crippen LogP contribution in [0.25, 0.3) is 4.85 Å². The molecule has 0 N–H and O–H groups in total. The van der Waals surface area contributed by atoms with Gasteiger partial charge in [0.1, 0.15) is 0 Å². The van der Waals surface area contributed by atoms with Crippen molar-refractivity contribution in [3.63, 3.8) is 0 Å². The van der Waals surface area contributed by atoms with Crippen LogP contribution in [0.15, 0.2) is 0 Å². The van der Waals surface area contributed by atoms with Gasteiger partial charge in [-0.25, -0.2) is 15.4 Å². The van der Waals surface area contributed by atoms with Crippen LogP contribution in [0.1, 0.15) is 19.8 Å². The molecule has 2 nitrogen and oxygen atoms in total. The average Bonchev–Trinajstić information content (AvgIpc) is 1.83. The zero-order valence-electron chi connectivity index (χ0n) is 6.73. The van der Waals surface area contributed by atoms with E-state index in [1.165, 1.54) is 6.92 Å². The van der Waals surface area contributed by atoms with Crippen molar-refractivity contribution in [2.45, 2.75) is 25.7 Å². The summed E-state index contributed by atoms with van der Waals surface area (Å²) in [7, 11) is 0. The van der Waals surface area contributed by atoms with E-state index in [4.69, 9.17) is 6.57 Å². The van der Waals surface area contributed by atoms with E-state index in [0.717, 1.165) is 0 Å². The van der Waals surface area contributed by atoms with Gasteiger partial charge in [0.25, 0.3) is 6.54 Å². The number of Topliss-reactive ketones (excluding diaryl/α,β-unsaturated/α-hetero) is 1. The molecule has 0 aromatic heterocycles. The van der Waals surface area contributed by atoms with Crippen LogP contribution >= 0.6 is 0 Å². The van der Waals surface area contributed by atoms with Gasteiger partial charge in [0.2, 0.25) is 11.7 Å². The first-order valence-corrected chi connectivity index (χ1v) is 3.64. The summed E-state index contributed by atoms with van der Waals surface area (Å²) in [6.45, 7) is 7.65. The van der Waals surface area contributed by atoms with Crippen molar-refractivity contribution < 1.29 is 13.6 Å². The van der Waals surface area contributed by atoms with Gasteiger partial charge in [-0.1, -0.05) is 6.92 Å². The van der Waals surface area contributed by atoms with Gasteiger partial charge in [0.15, 0.2) is 0 Å². The molecule has 0 bridgehead atoms. The molecule has 0 heterocycles. The molecule has 0 aliphatic heterocycles. The van der Waals surface area contributed by atoms with E-state index >= 15 is 0 Å². The van der Waals surface area contributed by atoms with Gasteiger partial charge >= 0.3 is 0 Å². The normalized spacial score (nSPS) is 23.8. The van der Waals surface area contributed by atoms with Crippen LogP contribution in [-0.2, 0) is 4.79 Å². The molecule has 66 valence electrons. The first kappa shape index (κ1) is 9.11. The molecule has 12 heavy (non-hydrogen) atoms. The minimum Gasteiger partial charge on any atom is -0.309 e. The van der Waals surface area contributed by atoms with Gasteiger partial charge in [-0.2, -0.15) is 0 Å². The lowest BCUT2D eigenvalue weighted by Gasteiger charge is -2.42. The molecular weight excluding hydrogens is 164 g/mol. The fraction of sp³-hybridized carbons (Fsp3) is 0.750. The van der Waals surface area contributed by atoms with Crippen LogP contribution < -0.4 is 0 Å². The van der Waals surface area contributed by atoms with Crippen LogP contribution in [0.4, 0.5) is 8.78 Å². The number of ketones is 1. The first-order valence-electron chi connectivity index (χ1n) is 3.64. The maximum atomic E-state index is 12.4. The summed E-state index contributed by atoms with van der Waals surface area (Å²) in [5.41, 5.74) is -0.936. The summed E-state index contributed by atoms with van der Waals surface area (Å²) >= 11 is 0. The predicted octanol–water partition coefficient (Wildman–Crippen LogP) is 1.91. The summed E-state index contributed by atoms with van der Waals surface area (Å²) in [4.78, 5) is 14.0. The van der Waals surface area contributed by atoms with Gasteiger partial charge < -0.3 is 4.85 Å². The Morgan fingerprint density at radius 2 is 2.08 bits per heavy atom. The Bertz CT molecular complexity index is 246. The molecule has 4 heteroatoms. The lowest BCUT2D eigenvalue weighted by Crippen LogP contribution is -2.49. The summed E-state index contributed by atoms with van der Waals surface area (Å²) in [6, 6.07) is 0. The van der Waals surface area contributed by atoms with Crippen LogP contribution in [0.3, 0.4) is 0 Å². The quantitative estimate of drug-likeness (QED) is 0.584. The molecule has 0 atom stereocenters. The minimum absolute atomic E-state index is 0.271. The van der Waals surface area contributed by atoms with Crippen LogP contribution in [0.2, 0.25) is 0 Å². The largest absolute Gasteiger partial charge is 0.309 e. The second kappa shape index (κ2) is 2.51. The Hall–Kier alpha value is -0.980. The molecule has 0 amide bonds. The Kier molecular flexibility index (Phi) is 1.91. The monoisotopic (exact) mass is 173 g/mol. The predicted molar refractivity (Wildman–Crippen MR) is 38.8 cm³/mol. The highest BCUT2D eigenvalue weighted by Crippen LogP contribution is 2.52. The topological polar surface area (TPSA) is 21.4 Å². The van der Waals surface area contributed by atoms with Crippen molar-refractivity contribution >= 4 is 5.78 Å². The molecule has 1 aliphatic rings. The van der Waals surface area contributed by atoms with E-state index in [1.54, 1.807) is 0 Å². The fourth-order valence-electron chi connectivity index (χ4n) is 1.55. The van der Waals surface area contributed by atoms with Crippen molar-refractivity contribution in [3.05, 3.63) is 11.4 Å². The third-order valence-electron chi connectivity index (χ3n) is 2.19. The Balaban J connectivity index is 2.56. The molecule has 0 radical (unpaired) electrons. The van der Waals surface area contributed by atoms with Crippen LogP contribution in [-0.4, -0.2) is 18.3 Å². The zero-order chi connectivity index (χ0) is 9.41. The summed E-state index contributed by atoms with van der Waals surface area (Å²) in [5.74, 6) is -3.05. The average molecular weight is 173 g/mol. The minimum atomic E-state index is -2.69. The van der Waals surface area contributed by atoms with Crippen molar-refractivity contribution in [1.82, 2.24) is 0 Å². The number of halogens is 2. The maximum Gasteiger partial charge on any atom is 0.272 e.